The fraction of sp³-hybridized carbons (Fsp3) is 0.467. The first kappa shape index (κ1) is 18.0. The summed E-state index contributed by atoms with van der Waals surface area (Å²) in [6.45, 7) is 5.73. The summed E-state index contributed by atoms with van der Waals surface area (Å²) in [5.41, 5.74) is -0.532. The van der Waals surface area contributed by atoms with E-state index < -0.39 is 17.6 Å². The number of nitrogens with zero attached hydrogens (tertiary/aromatic N) is 2. The lowest BCUT2D eigenvalue weighted by Gasteiger charge is -2.25. The summed E-state index contributed by atoms with van der Waals surface area (Å²) in [5, 5.41) is 0. The van der Waals surface area contributed by atoms with Crippen molar-refractivity contribution in [2.45, 2.75) is 26.9 Å². The Morgan fingerprint density at radius 1 is 1.05 bits per heavy atom. The molecule has 0 spiro atoms. The third-order valence-corrected chi connectivity index (χ3v) is 3.30. The number of carbonyl (C=O) groups excluding carboxylic acids is 2. The van der Waals surface area contributed by atoms with Crippen LogP contribution >= 0.6 is 0 Å². The average Bonchev–Trinajstić information content (AvgIpc) is 2.45. The molecule has 122 valence electrons. The van der Waals surface area contributed by atoms with Crippen LogP contribution in [-0.2, 0) is 15.8 Å². The van der Waals surface area contributed by atoms with Crippen LogP contribution in [-0.4, -0.2) is 36.3 Å². The molecule has 0 aliphatic heterocycles. The molecule has 7 heteroatoms. The van der Waals surface area contributed by atoms with Crippen molar-refractivity contribution in [3.05, 3.63) is 29.8 Å². The highest BCUT2D eigenvalue weighted by Crippen LogP contribution is 2.30. The molecule has 0 fully saturated rings. The molecule has 1 rings (SSSR count). The predicted octanol–water partition coefficient (Wildman–Crippen LogP) is 2.93. The molecule has 1 aromatic rings. The molecule has 2 amide bonds. The van der Waals surface area contributed by atoms with Crippen LogP contribution in [0.25, 0.3) is 0 Å². The summed E-state index contributed by atoms with van der Waals surface area (Å²) in [6.07, 6.45) is -4.43. The fourth-order valence-corrected chi connectivity index (χ4v) is 2.03. The van der Waals surface area contributed by atoms with Gasteiger partial charge >= 0.3 is 6.18 Å². The molecule has 0 saturated heterocycles. The summed E-state index contributed by atoms with van der Waals surface area (Å²) < 4.78 is 37.6. The Bertz CT molecular complexity index is 523. The standard InChI is InChI=1S/C15H19F3N2O2/c1-4-19(5-2)14(22)10-20(11(3)21)13-8-6-12(7-9-13)15(16,17)18/h6-9H,4-5,10H2,1-3H3. The van der Waals surface area contributed by atoms with Gasteiger partial charge in [0.15, 0.2) is 0 Å². The summed E-state index contributed by atoms with van der Waals surface area (Å²) in [5.74, 6) is -0.652. The highest BCUT2D eigenvalue weighted by molar-refractivity contribution is 5.97. The van der Waals surface area contributed by atoms with Gasteiger partial charge in [0.25, 0.3) is 0 Å². The van der Waals surface area contributed by atoms with E-state index in [-0.39, 0.29) is 18.1 Å². The highest BCUT2D eigenvalue weighted by atomic mass is 19.4. The second-order valence-electron chi connectivity index (χ2n) is 4.72. The maximum atomic E-state index is 12.5. The summed E-state index contributed by atoms with van der Waals surface area (Å²) in [4.78, 5) is 26.5. The van der Waals surface area contributed by atoms with Gasteiger partial charge in [-0.25, -0.2) is 0 Å². The Labute approximate surface area is 127 Å². The number of halogens is 3. The van der Waals surface area contributed by atoms with Crippen molar-refractivity contribution in [1.82, 2.24) is 4.90 Å². The predicted molar refractivity (Wildman–Crippen MR) is 77.4 cm³/mol. The number of anilines is 1. The highest BCUT2D eigenvalue weighted by Gasteiger charge is 2.30. The normalized spacial score (nSPS) is 11.2. The van der Waals surface area contributed by atoms with Crippen LogP contribution in [0.3, 0.4) is 0 Å². The first-order valence-corrected chi connectivity index (χ1v) is 6.93. The van der Waals surface area contributed by atoms with Gasteiger partial charge in [0.05, 0.1) is 5.56 Å². The summed E-state index contributed by atoms with van der Waals surface area (Å²) >= 11 is 0. The molecule has 0 N–H and O–H groups in total. The van der Waals surface area contributed by atoms with E-state index >= 15 is 0 Å². The van der Waals surface area contributed by atoms with Crippen LogP contribution in [0.15, 0.2) is 24.3 Å². The lowest BCUT2D eigenvalue weighted by molar-refractivity contribution is -0.137. The number of alkyl halides is 3. The number of hydrogen-bond acceptors (Lipinski definition) is 2. The van der Waals surface area contributed by atoms with Gasteiger partial charge in [-0.15, -0.1) is 0 Å². The van der Waals surface area contributed by atoms with E-state index in [1.165, 1.54) is 24.0 Å². The molecule has 0 aliphatic carbocycles. The number of amides is 2. The van der Waals surface area contributed by atoms with Crippen LogP contribution in [0, 0.1) is 0 Å². The van der Waals surface area contributed by atoms with Crippen LogP contribution in [0.2, 0.25) is 0 Å². The summed E-state index contributed by atoms with van der Waals surface area (Å²) in [6, 6.07) is 4.18. The minimum Gasteiger partial charge on any atom is -0.342 e. The second kappa shape index (κ2) is 7.29. The van der Waals surface area contributed by atoms with Crippen molar-refractivity contribution in [2.24, 2.45) is 0 Å². The van der Waals surface area contributed by atoms with Crippen molar-refractivity contribution in [1.29, 1.82) is 0 Å². The van der Waals surface area contributed by atoms with Crippen molar-refractivity contribution >= 4 is 17.5 Å². The molecule has 0 radical (unpaired) electrons. The van der Waals surface area contributed by atoms with Gasteiger partial charge in [-0.2, -0.15) is 13.2 Å². The Morgan fingerprint density at radius 2 is 1.55 bits per heavy atom. The number of hydrogen-bond donors (Lipinski definition) is 0. The Morgan fingerprint density at radius 3 is 1.91 bits per heavy atom. The summed E-state index contributed by atoms with van der Waals surface area (Å²) in [7, 11) is 0. The molecule has 4 nitrogen and oxygen atoms in total. The SMILES string of the molecule is CCN(CC)C(=O)CN(C(C)=O)c1ccc(C(F)(F)F)cc1. The molecular formula is C15H19F3N2O2. The van der Waals surface area contributed by atoms with E-state index in [4.69, 9.17) is 0 Å². The largest absolute Gasteiger partial charge is 0.416 e. The molecular weight excluding hydrogens is 297 g/mol. The van der Waals surface area contributed by atoms with Gasteiger partial charge in [0.1, 0.15) is 6.54 Å². The quantitative estimate of drug-likeness (QED) is 0.838. The third kappa shape index (κ3) is 4.47. The molecule has 0 aliphatic rings. The van der Waals surface area contributed by atoms with E-state index in [2.05, 4.69) is 0 Å². The smallest absolute Gasteiger partial charge is 0.342 e. The number of rotatable bonds is 5. The maximum Gasteiger partial charge on any atom is 0.416 e. The third-order valence-electron chi connectivity index (χ3n) is 3.30. The van der Waals surface area contributed by atoms with Crippen molar-refractivity contribution in [3.63, 3.8) is 0 Å². The van der Waals surface area contributed by atoms with E-state index in [0.717, 1.165) is 12.1 Å². The lowest BCUT2D eigenvalue weighted by atomic mass is 10.2. The van der Waals surface area contributed by atoms with Gasteiger partial charge in [-0.1, -0.05) is 0 Å². The first-order valence-electron chi connectivity index (χ1n) is 6.93. The van der Waals surface area contributed by atoms with Crippen LogP contribution in [0.4, 0.5) is 18.9 Å². The van der Waals surface area contributed by atoms with E-state index in [0.29, 0.717) is 13.1 Å². The number of carbonyl (C=O) groups is 2. The minimum absolute atomic E-state index is 0.192. The van der Waals surface area contributed by atoms with Gasteiger partial charge in [0.2, 0.25) is 11.8 Å². The van der Waals surface area contributed by atoms with Crippen LogP contribution in [0.1, 0.15) is 26.3 Å². The van der Waals surface area contributed by atoms with E-state index in [1.807, 2.05) is 13.8 Å². The zero-order chi connectivity index (χ0) is 16.9. The van der Waals surface area contributed by atoms with Crippen LogP contribution < -0.4 is 4.90 Å². The maximum absolute atomic E-state index is 12.5. The molecule has 0 bridgehead atoms. The topological polar surface area (TPSA) is 40.6 Å². The monoisotopic (exact) mass is 316 g/mol. The molecule has 0 aromatic heterocycles. The zero-order valence-electron chi connectivity index (χ0n) is 12.8. The van der Waals surface area contributed by atoms with E-state index in [9.17, 15) is 22.8 Å². The van der Waals surface area contributed by atoms with E-state index in [1.54, 1.807) is 4.90 Å². The molecule has 0 unspecified atom stereocenters. The molecule has 0 heterocycles. The average molecular weight is 316 g/mol. The second-order valence-corrected chi connectivity index (χ2v) is 4.72. The molecule has 0 saturated carbocycles. The van der Waals surface area contributed by atoms with Gasteiger partial charge in [0, 0.05) is 25.7 Å². The van der Waals surface area contributed by atoms with Gasteiger partial charge < -0.3 is 9.80 Å². The number of likely N-dealkylation sites (N-methyl/N-ethyl adjacent to an activating group) is 1. The number of benzene rings is 1. The lowest BCUT2D eigenvalue weighted by Crippen LogP contribution is -2.42. The first-order chi connectivity index (χ1) is 10.2. The van der Waals surface area contributed by atoms with Crippen molar-refractivity contribution in [3.8, 4) is 0 Å². The van der Waals surface area contributed by atoms with Gasteiger partial charge in [-0.05, 0) is 38.1 Å². The van der Waals surface area contributed by atoms with Crippen molar-refractivity contribution in [2.75, 3.05) is 24.5 Å². The van der Waals surface area contributed by atoms with Crippen molar-refractivity contribution < 1.29 is 22.8 Å². The zero-order valence-corrected chi connectivity index (χ0v) is 12.8. The Balaban J connectivity index is 2.97. The Hall–Kier alpha value is -2.05. The van der Waals surface area contributed by atoms with Gasteiger partial charge in [-0.3, -0.25) is 9.59 Å². The molecule has 22 heavy (non-hydrogen) atoms. The molecule has 0 atom stereocenters. The Kier molecular flexibility index (Phi) is 5.96. The molecule has 1 aromatic carbocycles. The minimum atomic E-state index is -4.43. The fourth-order valence-electron chi connectivity index (χ4n) is 2.03. The van der Waals surface area contributed by atoms with Crippen LogP contribution in [0.5, 0.6) is 0 Å².